The zero-order valence-corrected chi connectivity index (χ0v) is 18.0. The van der Waals surface area contributed by atoms with Crippen LogP contribution in [0, 0.1) is 10.1 Å². The molecule has 0 bridgehead atoms. The number of nitro groups is 1. The number of nitro benzene ring substituents is 1. The zero-order chi connectivity index (χ0) is 22.7. The number of methoxy groups -OCH3 is 2. The van der Waals surface area contributed by atoms with E-state index in [-0.39, 0.29) is 17.8 Å². The fraction of sp³-hybridized carbons (Fsp3) is 0.136. The van der Waals surface area contributed by atoms with Crippen molar-refractivity contribution in [2.75, 3.05) is 19.1 Å². The molecule has 9 nitrogen and oxygen atoms in total. The predicted molar refractivity (Wildman–Crippen MR) is 121 cm³/mol. The molecule has 162 valence electrons. The maximum atomic E-state index is 13.5. The highest BCUT2D eigenvalue weighted by atomic mass is 32.1. The van der Waals surface area contributed by atoms with Crippen LogP contribution in [0.15, 0.2) is 60.9 Å². The first-order valence-corrected chi connectivity index (χ1v) is 10.3. The van der Waals surface area contributed by atoms with E-state index in [1.807, 2.05) is 6.07 Å². The summed E-state index contributed by atoms with van der Waals surface area (Å²) < 4.78 is 11.5. The van der Waals surface area contributed by atoms with E-state index in [1.54, 1.807) is 43.8 Å². The number of ether oxygens (including phenoxy) is 2. The molecule has 2 heterocycles. The van der Waals surface area contributed by atoms with Crippen LogP contribution in [0.25, 0.3) is 10.2 Å². The first-order chi connectivity index (χ1) is 15.5. The van der Waals surface area contributed by atoms with Crippen LogP contribution in [-0.2, 0) is 6.54 Å². The molecule has 0 atom stereocenters. The highest BCUT2D eigenvalue weighted by Gasteiger charge is 2.28. The molecule has 4 rings (SSSR count). The van der Waals surface area contributed by atoms with Crippen molar-refractivity contribution in [1.29, 1.82) is 0 Å². The van der Waals surface area contributed by atoms with Gasteiger partial charge in [0.15, 0.2) is 16.6 Å². The van der Waals surface area contributed by atoms with E-state index in [4.69, 9.17) is 9.47 Å². The molecule has 32 heavy (non-hydrogen) atoms. The number of para-hydroxylation sites is 1. The number of pyridine rings is 1. The summed E-state index contributed by atoms with van der Waals surface area (Å²) in [5.41, 5.74) is 1.09. The van der Waals surface area contributed by atoms with Crippen molar-refractivity contribution in [2.45, 2.75) is 6.54 Å². The van der Waals surface area contributed by atoms with Crippen LogP contribution in [-0.4, -0.2) is 35.0 Å². The molecule has 0 aliphatic rings. The van der Waals surface area contributed by atoms with Crippen molar-refractivity contribution in [3.05, 3.63) is 82.2 Å². The van der Waals surface area contributed by atoms with Crippen molar-refractivity contribution in [3.8, 4) is 11.5 Å². The van der Waals surface area contributed by atoms with Crippen molar-refractivity contribution in [3.63, 3.8) is 0 Å². The molecule has 2 aromatic heterocycles. The molecular weight excluding hydrogens is 432 g/mol. The number of nitrogens with zero attached hydrogens (tertiary/aromatic N) is 4. The Morgan fingerprint density at radius 1 is 1.12 bits per heavy atom. The third-order valence-electron chi connectivity index (χ3n) is 4.75. The lowest BCUT2D eigenvalue weighted by Gasteiger charge is -2.20. The molecule has 0 unspecified atom stereocenters. The van der Waals surface area contributed by atoms with Gasteiger partial charge in [-0.2, -0.15) is 0 Å². The summed E-state index contributed by atoms with van der Waals surface area (Å²) in [5.74, 6) is 0.527. The molecule has 0 saturated heterocycles. The number of rotatable bonds is 7. The molecule has 0 spiro atoms. The van der Waals surface area contributed by atoms with Crippen molar-refractivity contribution in [1.82, 2.24) is 9.97 Å². The Hall–Kier alpha value is -4.05. The van der Waals surface area contributed by atoms with Crippen LogP contribution < -0.4 is 14.4 Å². The Morgan fingerprint density at radius 3 is 2.56 bits per heavy atom. The molecule has 1 amide bonds. The lowest BCUT2D eigenvalue weighted by molar-refractivity contribution is -0.385. The summed E-state index contributed by atoms with van der Waals surface area (Å²) in [4.78, 5) is 34.6. The minimum Gasteiger partial charge on any atom is -0.493 e. The SMILES string of the molecule is COc1cc2nc(N(Cc3cccnc3)C(=O)c3ccccc3[N+](=O)[O-])sc2cc1OC. The maximum Gasteiger partial charge on any atom is 0.282 e. The Kier molecular flexibility index (Phi) is 5.95. The van der Waals surface area contributed by atoms with E-state index in [2.05, 4.69) is 9.97 Å². The number of fused-ring (bicyclic) bond motifs is 1. The number of carbonyl (C=O) groups excluding carboxylic acids is 1. The second-order valence-electron chi connectivity index (χ2n) is 6.70. The van der Waals surface area contributed by atoms with E-state index in [9.17, 15) is 14.9 Å². The number of hydrogen-bond acceptors (Lipinski definition) is 8. The van der Waals surface area contributed by atoms with E-state index in [1.165, 1.54) is 41.5 Å². The molecule has 4 aromatic rings. The van der Waals surface area contributed by atoms with Crippen LogP contribution in [0.1, 0.15) is 15.9 Å². The van der Waals surface area contributed by atoms with Crippen LogP contribution in [0.2, 0.25) is 0 Å². The minimum atomic E-state index is -0.566. The number of anilines is 1. The molecule has 0 N–H and O–H groups in total. The molecule has 0 aliphatic carbocycles. The van der Waals surface area contributed by atoms with Gasteiger partial charge in [-0.05, 0) is 17.7 Å². The number of carbonyl (C=O) groups is 1. The summed E-state index contributed by atoms with van der Waals surface area (Å²) in [6.07, 6.45) is 3.27. The van der Waals surface area contributed by atoms with Gasteiger partial charge in [0.1, 0.15) is 5.56 Å². The number of hydrogen-bond donors (Lipinski definition) is 0. The number of aromatic nitrogens is 2. The highest BCUT2D eigenvalue weighted by molar-refractivity contribution is 7.22. The lowest BCUT2D eigenvalue weighted by atomic mass is 10.1. The summed E-state index contributed by atoms with van der Waals surface area (Å²) in [5, 5.41) is 11.9. The van der Waals surface area contributed by atoms with Gasteiger partial charge < -0.3 is 9.47 Å². The molecular formula is C22H18N4O5S. The topological polar surface area (TPSA) is 108 Å². The summed E-state index contributed by atoms with van der Waals surface area (Å²) in [6, 6.07) is 13.0. The van der Waals surface area contributed by atoms with Gasteiger partial charge in [0.05, 0.1) is 35.9 Å². The van der Waals surface area contributed by atoms with E-state index >= 15 is 0 Å². The summed E-state index contributed by atoms with van der Waals surface area (Å²) in [6.45, 7) is 0.146. The Labute approximate surface area is 187 Å². The fourth-order valence-electron chi connectivity index (χ4n) is 3.22. The largest absolute Gasteiger partial charge is 0.493 e. The molecule has 0 fully saturated rings. The normalized spacial score (nSPS) is 10.7. The van der Waals surface area contributed by atoms with E-state index < -0.39 is 10.8 Å². The van der Waals surface area contributed by atoms with Gasteiger partial charge in [0, 0.05) is 30.6 Å². The summed E-state index contributed by atoms with van der Waals surface area (Å²) >= 11 is 1.28. The number of thiazole rings is 1. The van der Waals surface area contributed by atoms with E-state index in [0.717, 1.165) is 10.3 Å². The fourth-order valence-corrected chi connectivity index (χ4v) is 4.19. The predicted octanol–water partition coefficient (Wildman–Crippen LogP) is 4.46. The second-order valence-corrected chi connectivity index (χ2v) is 7.71. The Bertz CT molecular complexity index is 1250. The highest BCUT2D eigenvalue weighted by Crippen LogP contribution is 2.38. The molecule has 0 radical (unpaired) electrons. The third kappa shape index (κ3) is 4.08. The van der Waals surface area contributed by atoms with Gasteiger partial charge in [0.25, 0.3) is 11.6 Å². The monoisotopic (exact) mass is 450 g/mol. The molecule has 0 saturated carbocycles. The second kappa shape index (κ2) is 8.98. The first kappa shape index (κ1) is 21.2. The third-order valence-corrected chi connectivity index (χ3v) is 5.79. The molecule has 0 aliphatic heterocycles. The first-order valence-electron chi connectivity index (χ1n) is 9.48. The van der Waals surface area contributed by atoms with Gasteiger partial charge in [0.2, 0.25) is 0 Å². The van der Waals surface area contributed by atoms with Gasteiger partial charge in [-0.1, -0.05) is 29.5 Å². The van der Waals surface area contributed by atoms with Crippen LogP contribution in [0.4, 0.5) is 10.8 Å². The van der Waals surface area contributed by atoms with Crippen molar-refractivity contribution in [2.24, 2.45) is 0 Å². The zero-order valence-electron chi connectivity index (χ0n) is 17.2. The van der Waals surface area contributed by atoms with Crippen molar-refractivity contribution < 1.29 is 19.2 Å². The van der Waals surface area contributed by atoms with Gasteiger partial charge in [-0.3, -0.25) is 24.8 Å². The van der Waals surface area contributed by atoms with Crippen LogP contribution in [0.3, 0.4) is 0 Å². The minimum absolute atomic E-state index is 0.0178. The Balaban J connectivity index is 1.83. The Morgan fingerprint density at radius 2 is 1.88 bits per heavy atom. The van der Waals surface area contributed by atoms with Gasteiger partial charge in [-0.25, -0.2) is 4.98 Å². The van der Waals surface area contributed by atoms with Crippen LogP contribution >= 0.6 is 11.3 Å². The molecule has 2 aromatic carbocycles. The number of benzene rings is 2. The van der Waals surface area contributed by atoms with Gasteiger partial charge >= 0.3 is 0 Å². The van der Waals surface area contributed by atoms with E-state index in [0.29, 0.717) is 22.1 Å². The quantitative estimate of drug-likeness (QED) is 0.302. The number of amides is 1. The van der Waals surface area contributed by atoms with Crippen molar-refractivity contribution >= 4 is 38.3 Å². The smallest absolute Gasteiger partial charge is 0.282 e. The summed E-state index contributed by atoms with van der Waals surface area (Å²) in [7, 11) is 3.07. The average molecular weight is 450 g/mol. The molecule has 10 heteroatoms. The maximum absolute atomic E-state index is 13.5. The van der Waals surface area contributed by atoms with Gasteiger partial charge in [-0.15, -0.1) is 0 Å². The van der Waals surface area contributed by atoms with Crippen LogP contribution in [0.5, 0.6) is 11.5 Å². The standard InChI is InChI=1S/C22H18N4O5S/c1-30-18-10-16-20(11-19(18)31-2)32-22(24-16)25(13-14-6-5-9-23-12-14)21(27)15-7-3-4-8-17(15)26(28)29/h3-12H,13H2,1-2H3. The lowest BCUT2D eigenvalue weighted by Crippen LogP contribution is -2.31. The average Bonchev–Trinajstić information content (AvgIpc) is 3.24.